The second kappa shape index (κ2) is 10.0. The molecule has 36 heavy (non-hydrogen) atoms. The van der Waals surface area contributed by atoms with Crippen molar-refractivity contribution >= 4 is 28.9 Å². The van der Waals surface area contributed by atoms with Gasteiger partial charge in [-0.15, -0.1) is 0 Å². The average molecular weight is 529 g/mol. The molecule has 0 saturated carbocycles. The van der Waals surface area contributed by atoms with Gasteiger partial charge in [-0.25, -0.2) is 18.2 Å². The first-order valence-electron chi connectivity index (χ1n) is 10.9. The van der Waals surface area contributed by atoms with Crippen molar-refractivity contribution in [1.82, 2.24) is 9.55 Å². The first kappa shape index (κ1) is 24.5. The van der Waals surface area contributed by atoms with E-state index in [1.54, 1.807) is 36.4 Å². The van der Waals surface area contributed by atoms with Crippen molar-refractivity contribution in [2.24, 2.45) is 0 Å². The van der Waals surface area contributed by atoms with Gasteiger partial charge in [0.15, 0.2) is 16.7 Å². The largest absolute Gasteiger partial charge is 0.494 e. The van der Waals surface area contributed by atoms with Crippen LogP contribution in [0.15, 0.2) is 72.4 Å². The van der Waals surface area contributed by atoms with Gasteiger partial charge in [-0.1, -0.05) is 42.1 Å². The Morgan fingerprint density at radius 3 is 2.61 bits per heavy atom. The van der Waals surface area contributed by atoms with Gasteiger partial charge in [0.2, 0.25) is 0 Å². The SMILES string of the molecule is C=C1COC(c2ccc(F)c(OC)c2)c2c1nc(SCc1c(F)cccc1Cl)n2-c1ccc(F)cc1. The van der Waals surface area contributed by atoms with Crippen molar-refractivity contribution in [2.45, 2.75) is 17.0 Å². The van der Waals surface area contributed by atoms with Crippen molar-refractivity contribution in [1.29, 1.82) is 0 Å². The van der Waals surface area contributed by atoms with E-state index in [4.69, 9.17) is 26.1 Å². The Morgan fingerprint density at radius 2 is 1.89 bits per heavy atom. The maximum absolute atomic E-state index is 14.5. The minimum atomic E-state index is -0.635. The summed E-state index contributed by atoms with van der Waals surface area (Å²) in [4.78, 5) is 4.82. The van der Waals surface area contributed by atoms with Crippen LogP contribution in [0.5, 0.6) is 5.75 Å². The maximum atomic E-state index is 14.5. The number of ether oxygens (including phenoxy) is 2. The number of nitrogens with zero attached hydrogens (tertiary/aromatic N) is 2. The zero-order valence-corrected chi connectivity index (χ0v) is 20.7. The van der Waals surface area contributed by atoms with Gasteiger partial charge in [-0.2, -0.15) is 0 Å². The average Bonchev–Trinajstić information content (AvgIpc) is 3.25. The molecule has 1 unspecified atom stereocenters. The predicted molar refractivity (Wildman–Crippen MR) is 134 cm³/mol. The summed E-state index contributed by atoms with van der Waals surface area (Å²) < 4.78 is 55.5. The van der Waals surface area contributed by atoms with Crippen LogP contribution in [0.2, 0.25) is 5.02 Å². The number of benzene rings is 3. The van der Waals surface area contributed by atoms with Gasteiger partial charge in [0.25, 0.3) is 0 Å². The molecule has 2 heterocycles. The third-order valence-corrected chi connectivity index (χ3v) is 7.18. The minimum absolute atomic E-state index is 0.0821. The van der Waals surface area contributed by atoms with Crippen LogP contribution in [0.4, 0.5) is 13.2 Å². The van der Waals surface area contributed by atoms with Gasteiger partial charge in [-0.3, -0.25) is 4.57 Å². The summed E-state index contributed by atoms with van der Waals surface area (Å²) in [6.45, 7) is 4.31. The third-order valence-electron chi connectivity index (χ3n) is 5.86. The number of halogens is 4. The zero-order valence-electron chi connectivity index (χ0n) is 19.1. The van der Waals surface area contributed by atoms with E-state index in [1.807, 2.05) is 4.57 Å². The highest BCUT2D eigenvalue weighted by Crippen LogP contribution is 2.42. The van der Waals surface area contributed by atoms with E-state index >= 15 is 0 Å². The zero-order chi connectivity index (χ0) is 25.4. The van der Waals surface area contributed by atoms with Crippen molar-refractivity contribution in [2.75, 3.05) is 13.7 Å². The number of rotatable bonds is 6. The highest BCUT2D eigenvalue weighted by molar-refractivity contribution is 7.98. The number of hydrogen-bond donors (Lipinski definition) is 0. The molecule has 3 aromatic carbocycles. The molecule has 0 N–H and O–H groups in total. The number of hydrogen-bond acceptors (Lipinski definition) is 4. The molecule has 0 bridgehead atoms. The number of imidazole rings is 1. The number of methoxy groups -OCH3 is 1. The lowest BCUT2D eigenvalue weighted by atomic mass is 9.99. The van der Waals surface area contributed by atoms with E-state index in [0.717, 1.165) is 0 Å². The summed E-state index contributed by atoms with van der Waals surface area (Å²) >= 11 is 7.52. The monoisotopic (exact) mass is 528 g/mol. The molecule has 1 aliphatic heterocycles. The Bertz CT molecular complexity index is 1440. The fourth-order valence-corrected chi connectivity index (χ4v) is 5.45. The van der Waals surface area contributed by atoms with Gasteiger partial charge in [-0.05, 0) is 59.7 Å². The summed E-state index contributed by atoms with van der Waals surface area (Å²) in [5.74, 6) is -1.00. The minimum Gasteiger partial charge on any atom is -0.494 e. The maximum Gasteiger partial charge on any atom is 0.173 e. The van der Waals surface area contributed by atoms with Crippen molar-refractivity contribution in [3.8, 4) is 11.4 Å². The predicted octanol–water partition coefficient (Wildman–Crippen LogP) is 7.38. The van der Waals surface area contributed by atoms with Crippen LogP contribution in [0, 0.1) is 17.5 Å². The summed E-state index contributed by atoms with van der Waals surface area (Å²) in [7, 11) is 1.39. The first-order valence-corrected chi connectivity index (χ1v) is 12.3. The molecule has 0 radical (unpaired) electrons. The van der Waals surface area contributed by atoms with Crippen LogP contribution in [0.1, 0.15) is 28.6 Å². The van der Waals surface area contributed by atoms with Crippen LogP contribution in [0.3, 0.4) is 0 Å². The summed E-state index contributed by atoms with van der Waals surface area (Å²) in [5, 5.41) is 0.841. The number of fused-ring (bicyclic) bond motifs is 1. The lowest BCUT2D eigenvalue weighted by molar-refractivity contribution is 0.0962. The summed E-state index contributed by atoms with van der Waals surface area (Å²) in [5.41, 5.74) is 3.55. The van der Waals surface area contributed by atoms with Crippen molar-refractivity contribution in [3.05, 3.63) is 112 Å². The van der Waals surface area contributed by atoms with E-state index in [0.29, 0.717) is 44.0 Å². The normalized spacial score (nSPS) is 15.1. The molecule has 4 nitrogen and oxygen atoms in total. The molecule has 0 aliphatic carbocycles. The summed E-state index contributed by atoms with van der Waals surface area (Å²) in [6, 6.07) is 15.0. The van der Waals surface area contributed by atoms with Gasteiger partial charge in [0.1, 0.15) is 17.7 Å². The molecular weight excluding hydrogens is 509 g/mol. The van der Waals surface area contributed by atoms with Crippen molar-refractivity contribution < 1.29 is 22.6 Å². The van der Waals surface area contributed by atoms with E-state index in [9.17, 15) is 13.2 Å². The molecule has 1 aromatic heterocycles. The van der Waals surface area contributed by atoms with Crippen LogP contribution < -0.4 is 4.74 Å². The molecule has 1 atom stereocenters. The third kappa shape index (κ3) is 4.52. The lowest BCUT2D eigenvalue weighted by Gasteiger charge is -2.27. The van der Waals surface area contributed by atoms with Crippen molar-refractivity contribution in [3.63, 3.8) is 0 Å². The molecule has 0 fully saturated rings. The molecule has 184 valence electrons. The number of thioether (sulfide) groups is 1. The second-order valence-electron chi connectivity index (χ2n) is 8.12. The second-order valence-corrected chi connectivity index (χ2v) is 9.47. The number of aromatic nitrogens is 2. The quantitative estimate of drug-likeness (QED) is 0.245. The Labute approximate surface area is 215 Å². The highest BCUT2D eigenvalue weighted by Gasteiger charge is 2.33. The molecule has 5 rings (SSSR count). The van der Waals surface area contributed by atoms with Crippen LogP contribution in [0.25, 0.3) is 11.3 Å². The Balaban J connectivity index is 1.66. The lowest BCUT2D eigenvalue weighted by Crippen LogP contribution is -2.19. The highest BCUT2D eigenvalue weighted by atomic mass is 35.5. The van der Waals surface area contributed by atoms with Crippen LogP contribution in [-0.4, -0.2) is 23.3 Å². The Hall–Kier alpha value is -3.20. The topological polar surface area (TPSA) is 36.3 Å². The molecule has 0 spiro atoms. The Morgan fingerprint density at radius 1 is 1.11 bits per heavy atom. The van der Waals surface area contributed by atoms with Gasteiger partial charge in [0, 0.05) is 22.0 Å². The van der Waals surface area contributed by atoms with E-state index in [2.05, 4.69) is 6.58 Å². The van der Waals surface area contributed by atoms with E-state index in [1.165, 1.54) is 43.1 Å². The van der Waals surface area contributed by atoms with Crippen LogP contribution >= 0.6 is 23.4 Å². The molecule has 9 heteroatoms. The van der Waals surface area contributed by atoms with Crippen LogP contribution in [-0.2, 0) is 10.5 Å². The fraction of sp³-hybridized carbons (Fsp3) is 0.148. The summed E-state index contributed by atoms with van der Waals surface area (Å²) in [6.07, 6.45) is -0.635. The van der Waals surface area contributed by atoms with E-state index < -0.39 is 17.7 Å². The smallest absolute Gasteiger partial charge is 0.173 e. The van der Waals surface area contributed by atoms with Gasteiger partial charge in [0.05, 0.1) is 25.1 Å². The van der Waals surface area contributed by atoms with Gasteiger partial charge >= 0.3 is 0 Å². The molecule has 1 aliphatic rings. The Kier molecular flexibility index (Phi) is 6.83. The molecular formula is C27H20ClF3N2O2S. The standard InChI is InChI=1S/C27H20ClF3N2O2S/c1-15-13-35-26(16-6-11-22(31)23(12-16)34-2)25-24(15)32-27(33(25)18-9-7-17(29)8-10-18)36-14-19-20(28)4-3-5-21(19)30/h3-12,26H,1,13-14H2,2H3. The van der Waals surface area contributed by atoms with E-state index in [-0.39, 0.29) is 23.9 Å². The molecule has 0 amide bonds. The molecule has 4 aromatic rings. The van der Waals surface area contributed by atoms with Gasteiger partial charge < -0.3 is 9.47 Å². The molecule has 0 saturated heterocycles. The first-order chi connectivity index (χ1) is 17.4. The fourth-order valence-electron chi connectivity index (χ4n) is 4.08.